The molecule has 0 saturated heterocycles. The number of rotatable bonds is 1. The van der Waals surface area contributed by atoms with E-state index in [-0.39, 0.29) is 11.6 Å². The van der Waals surface area contributed by atoms with Gasteiger partial charge in [-0.2, -0.15) is 10.2 Å². The molecule has 0 bridgehead atoms. The first-order valence-corrected chi connectivity index (χ1v) is 4.45. The molecule has 0 aliphatic carbocycles. The summed E-state index contributed by atoms with van der Waals surface area (Å²) in [6, 6.07) is 9.51. The van der Waals surface area contributed by atoms with Crippen LogP contribution in [0.25, 0.3) is 11.5 Å². The highest BCUT2D eigenvalue weighted by Crippen LogP contribution is 2.25. The number of hydrogen-bond donors (Lipinski definition) is 1. The second kappa shape index (κ2) is 3.46. The Kier molecular flexibility index (Phi) is 2.14. The van der Waals surface area contributed by atoms with Crippen molar-refractivity contribution in [3.63, 3.8) is 0 Å². The van der Waals surface area contributed by atoms with Crippen LogP contribution in [0.4, 0.5) is 5.88 Å². The molecule has 4 heteroatoms. The van der Waals surface area contributed by atoms with Crippen LogP contribution in [0, 0.1) is 18.3 Å². The van der Waals surface area contributed by atoms with Gasteiger partial charge >= 0.3 is 0 Å². The minimum Gasteiger partial charge on any atom is -0.419 e. The maximum atomic E-state index is 8.70. The number of nitriles is 1. The van der Waals surface area contributed by atoms with Crippen molar-refractivity contribution in [1.82, 2.24) is 4.98 Å². The SMILES string of the molecule is Cc1ccccc1-c1nc(C#N)c(N)o1. The highest BCUT2D eigenvalue weighted by molar-refractivity contribution is 5.61. The molecular formula is C11H9N3O. The van der Waals surface area contributed by atoms with E-state index < -0.39 is 0 Å². The first-order chi connectivity index (χ1) is 7.22. The van der Waals surface area contributed by atoms with Gasteiger partial charge in [0.25, 0.3) is 0 Å². The molecule has 0 fully saturated rings. The summed E-state index contributed by atoms with van der Waals surface area (Å²) < 4.78 is 5.22. The van der Waals surface area contributed by atoms with Gasteiger partial charge in [0.05, 0.1) is 0 Å². The van der Waals surface area contributed by atoms with Crippen molar-refractivity contribution in [1.29, 1.82) is 5.26 Å². The van der Waals surface area contributed by atoms with Gasteiger partial charge in [-0.25, -0.2) is 0 Å². The predicted octanol–water partition coefficient (Wildman–Crippen LogP) is 2.10. The van der Waals surface area contributed by atoms with Crippen molar-refractivity contribution in [2.45, 2.75) is 6.92 Å². The number of nitrogen functional groups attached to an aromatic ring is 1. The molecule has 0 atom stereocenters. The maximum absolute atomic E-state index is 8.70. The Morgan fingerprint density at radius 3 is 2.73 bits per heavy atom. The van der Waals surface area contributed by atoms with E-state index >= 15 is 0 Å². The molecule has 2 N–H and O–H groups in total. The Morgan fingerprint density at radius 2 is 2.13 bits per heavy atom. The molecule has 74 valence electrons. The molecule has 1 heterocycles. The number of oxazole rings is 1. The van der Waals surface area contributed by atoms with Crippen LogP contribution in [-0.2, 0) is 0 Å². The summed E-state index contributed by atoms with van der Waals surface area (Å²) in [5.74, 6) is 0.456. The summed E-state index contributed by atoms with van der Waals surface area (Å²) in [7, 11) is 0. The normalized spacial score (nSPS) is 9.87. The third-order valence-corrected chi connectivity index (χ3v) is 2.13. The fourth-order valence-electron chi connectivity index (χ4n) is 1.34. The van der Waals surface area contributed by atoms with E-state index in [1.807, 2.05) is 37.3 Å². The number of anilines is 1. The first kappa shape index (κ1) is 9.28. The van der Waals surface area contributed by atoms with Crippen LogP contribution in [0.5, 0.6) is 0 Å². The topological polar surface area (TPSA) is 75.8 Å². The summed E-state index contributed by atoms with van der Waals surface area (Å²) in [6.07, 6.45) is 0. The van der Waals surface area contributed by atoms with Crippen molar-refractivity contribution in [3.05, 3.63) is 35.5 Å². The lowest BCUT2D eigenvalue weighted by Crippen LogP contribution is -1.84. The molecule has 0 saturated carbocycles. The van der Waals surface area contributed by atoms with E-state index in [1.54, 1.807) is 0 Å². The molecule has 1 aromatic heterocycles. The number of aromatic nitrogens is 1. The van der Waals surface area contributed by atoms with Gasteiger partial charge < -0.3 is 10.2 Å². The summed E-state index contributed by atoms with van der Waals surface area (Å²) >= 11 is 0. The lowest BCUT2D eigenvalue weighted by Gasteiger charge is -1.98. The Labute approximate surface area is 87.0 Å². The lowest BCUT2D eigenvalue weighted by atomic mass is 10.1. The fraction of sp³-hybridized carbons (Fsp3) is 0.0909. The molecule has 2 rings (SSSR count). The van der Waals surface area contributed by atoms with E-state index in [4.69, 9.17) is 15.4 Å². The zero-order valence-electron chi connectivity index (χ0n) is 8.19. The van der Waals surface area contributed by atoms with Crippen LogP contribution in [0.3, 0.4) is 0 Å². The summed E-state index contributed by atoms with van der Waals surface area (Å²) in [5, 5.41) is 8.70. The van der Waals surface area contributed by atoms with Crippen LogP contribution >= 0.6 is 0 Å². The monoisotopic (exact) mass is 199 g/mol. The molecule has 0 radical (unpaired) electrons. The number of benzene rings is 1. The number of hydrogen-bond acceptors (Lipinski definition) is 4. The van der Waals surface area contributed by atoms with Gasteiger partial charge in [-0.3, -0.25) is 0 Å². The van der Waals surface area contributed by atoms with Gasteiger partial charge in [0.2, 0.25) is 17.5 Å². The molecule has 0 aliphatic heterocycles. The Balaban J connectivity index is 2.56. The van der Waals surface area contributed by atoms with E-state index in [0.29, 0.717) is 5.89 Å². The van der Waals surface area contributed by atoms with Crippen LogP contribution in [0.15, 0.2) is 28.7 Å². The minimum atomic E-state index is 0.0655. The van der Waals surface area contributed by atoms with Gasteiger partial charge in [0.1, 0.15) is 6.07 Å². The van der Waals surface area contributed by atoms with Gasteiger partial charge in [-0.05, 0) is 18.6 Å². The third-order valence-electron chi connectivity index (χ3n) is 2.13. The average molecular weight is 199 g/mol. The Hall–Kier alpha value is -2.28. The smallest absolute Gasteiger partial charge is 0.230 e. The average Bonchev–Trinajstić information content (AvgIpc) is 2.60. The zero-order chi connectivity index (χ0) is 10.8. The van der Waals surface area contributed by atoms with Crippen molar-refractivity contribution >= 4 is 5.88 Å². The highest BCUT2D eigenvalue weighted by Gasteiger charge is 2.12. The molecule has 1 aromatic carbocycles. The van der Waals surface area contributed by atoms with Crippen molar-refractivity contribution in [2.75, 3.05) is 5.73 Å². The Morgan fingerprint density at radius 1 is 1.40 bits per heavy atom. The second-order valence-corrected chi connectivity index (χ2v) is 3.16. The Bertz CT molecular complexity index is 537. The quantitative estimate of drug-likeness (QED) is 0.763. The van der Waals surface area contributed by atoms with E-state index in [0.717, 1.165) is 11.1 Å². The summed E-state index contributed by atoms with van der Waals surface area (Å²) in [4.78, 5) is 4.01. The highest BCUT2D eigenvalue weighted by atomic mass is 16.4. The van der Waals surface area contributed by atoms with Crippen molar-refractivity contribution < 1.29 is 4.42 Å². The first-order valence-electron chi connectivity index (χ1n) is 4.45. The van der Waals surface area contributed by atoms with Crippen LogP contribution in [0.1, 0.15) is 11.3 Å². The van der Waals surface area contributed by atoms with Crippen LogP contribution in [-0.4, -0.2) is 4.98 Å². The minimum absolute atomic E-state index is 0.0655. The number of aryl methyl sites for hydroxylation is 1. The summed E-state index contributed by atoms with van der Waals surface area (Å²) in [5.41, 5.74) is 7.50. The molecule has 2 aromatic rings. The standard InChI is InChI=1S/C11H9N3O/c1-7-4-2-3-5-8(7)11-14-9(6-12)10(13)15-11/h2-5H,13H2,1H3. The molecule has 0 amide bonds. The molecular weight excluding hydrogens is 190 g/mol. The maximum Gasteiger partial charge on any atom is 0.230 e. The number of nitrogens with zero attached hydrogens (tertiary/aromatic N) is 2. The van der Waals surface area contributed by atoms with Gasteiger partial charge in [-0.1, -0.05) is 18.2 Å². The third kappa shape index (κ3) is 1.55. The number of nitrogens with two attached hydrogens (primary N) is 1. The lowest BCUT2D eigenvalue weighted by molar-refractivity contribution is 0.593. The molecule has 15 heavy (non-hydrogen) atoms. The molecule has 0 unspecified atom stereocenters. The fourth-order valence-corrected chi connectivity index (χ4v) is 1.34. The zero-order valence-corrected chi connectivity index (χ0v) is 8.19. The second-order valence-electron chi connectivity index (χ2n) is 3.16. The molecule has 0 aliphatic rings. The van der Waals surface area contributed by atoms with E-state index in [1.165, 1.54) is 0 Å². The van der Waals surface area contributed by atoms with Crippen molar-refractivity contribution in [2.24, 2.45) is 0 Å². The van der Waals surface area contributed by atoms with Gasteiger partial charge in [0.15, 0.2) is 0 Å². The largest absolute Gasteiger partial charge is 0.419 e. The van der Waals surface area contributed by atoms with E-state index in [9.17, 15) is 0 Å². The molecule has 0 spiro atoms. The molecule has 4 nitrogen and oxygen atoms in total. The van der Waals surface area contributed by atoms with Gasteiger partial charge in [0, 0.05) is 5.56 Å². The van der Waals surface area contributed by atoms with Crippen LogP contribution in [0.2, 0.25) is 0 Å². The van der Waals surface area contributed by atoms with Crippen molar-refractivity contribution in [3.8, 4) is 17.5 Å². The van der Waals surface area contributed by atoms with Gasteiger partial charge in [-0.15, -0.1) is 0 Å². The predicted molar refractivity (Wildman–Crippen MR) is 55.8 cm³/mol. The van der Waals surface area contributed by atoms with Crippen LogP contribution < -0.4 is 5.73 Å². The van der Waals surface area contributed by atoms with E-state index in [2.05, 4.69) is 4.98 Å². The summed E-state index contributed by atoms with van der Waals surface area (Å²) in [6.45, 7) is 1.95.